The topological polar surface area (TPSA) is 102 Å². The van der Waals surface area contributed by atoms with Crippen molar-refractivity contribution in [3.63, 3.8) is 0 Å². The molecule has 0 bridgehead atoms. The van der Waals surface area contributed by atoms with Crippen molar-refractivity contribution in [2.24, 2.45) is 17.6 Å². The summed E-state index contributed by atoms with van der Waals surface area (Å²) in [5.41, 5.74) is 6.29. The smallest absolute Gasteiger partial charge is 0.231 e. The third-order valence-corrected chi connectivity index (χ3v) is 5.58. The number of ether oxygens (including phenoxy) is 2. The van der Waals surface area contributed by atoms with Crippen molar-refractivity contribution >= 4 is 17.7 Å². The molecule has 3 aliphatic rings. The molecule has 4 rings (SSSR count). The summed E-state index contributed by atoms with van der Waals surface area (Å²) in [6, 6.07) is 5.62. The number of carbonyl (C=O) groups is 3. The number of piperidine rings is 1. The molecule has 1 atom stereocenters. The maximum Gasteiger partial charge on any atom is 0.231 e. The highest BCUT2D eigenvalue weighted by Crippen LogP contribution is 2.33. The molecule has 1 unspecified atom stereocenters. The van der Waals surface area contributed by atoms with Crippen LogP contribution < -0.4 is 15.2 Å². The van der Waals surface area contributed by atoms with Crippen LogP contribution in [0.4, 0.5) is 0 Å². The van der Waals surface area contributed by atoms with Gasteiger partial charge in [0.05, 0.1) is 5.92 Å². The molecule has 0 saturated carbocycles. The van der Waals surface area contributed by atoms with Crippen molar-refractivity contribution in [1.82, 2.24) is 9.80 Å². The van der Waals surface area contributed by atoms with Crippen molar-refractivity contribution in [3.8, 4) is 11.5 Å². The van der Waals surface area contributed by atoms with Gasteiger partial charge in [-0.1, -0.05) is 6.07 Å². The summed E-state index contributed by atoms with van der Waals surface area (Å²) in [6.07, 6.45) is 1.43. The Kier molecular flexibility index (Phi) is 4.63. The molecule has 0 radical (unpaired) electrons. The van der Waals surface area contributed by atoms with E-state index in [2.05, 4.69) is 0 Å². The fourth-order valence-electron chi connectivity index (χ4n) is 3.99. The number of primary amides is 1. The second-order valence-corrected chi connectivity index (χ2v) is 7.36. The number of amides is 3. The van der Waals surface area contributed by atoms with E-state index in [9.17, 15) is 14.4 Å². The van der Waals surface area contributed by atoms with Gasteiger partial charge in [0.1, 0.15) is 0 Å². The molecular formula is C19H23N3O5. The van der Waals surface area contributed by atoms with Crippen LogP contribution in [-0.4, -0.2) is 53.9 Å². The van der Waals surface area contributed by atoms with E-state index in [4.69, 9.17) is 15.2 Å². The Morgan fingerprint density at radius 2 is 1.85 bits per heavy atom. The first-order valence-electron chi connectivity index (χ1n) is 9.25. The van der Waals surface area contributed by atoms with Crippen LogP contribution in [0.15, 0.2) is 18.2 Å². The summed E-state index contributed by atoms with van der Waals surface area (Å²) >= 11 is 0. The fourth-order valence-corrected chi connectivity index (χ4v) is 3.99. The zero-order chi connectivity index (χ0) is 19.0. The lowest BCUT2D eigenvalue weighted by Gasteiger charge is -2.32. The van der Waals surface area contributed by atoms with Crippen LogP contribution >= 0.6 is 0 Å². The van der Waals surface area contributed by atoms with Gasteiger partial charge in [-0.05, 0) is 30.5 Å². The van der Waals surface area contributed by atoms with Crippen LogP contribution in [0.25, 0.3) is 0 Å². The molecular weight excluding hydrogens is 350 g/mol. The van der Waals surface area contributed by atoms with Crippen molar-refractivity contribution in [3.05, 3.63) is 23.8 Å². The molecule has 0 spiro atoms. The Balaban J connectivity index is 1.35. The molecule has 0 aromatic heterocycles. The first-order valence-corrected chi connectivity index (χ1v) is 9.25. The van der Waals surface area contributed by atoms with Crippen molar-refractivity contribution < 1.29 is 23.9 Å². The third kappa shape index (κ3) is 3.56. The Labute approximate surface area is 157 Å². The molecule has 1 aromatic carbocycles. The van der Waals surface area contributed by atoms with Gasteiger partial charge in [-0.25, -0.2) is 0 Å². The molecule has 144 valence electrons. The number of likely N-dealkylation sites (tertiary alicyclic amines) is 2. The maximum atomic E-state index is 12.8. The summed E-state index contributed by atoms with van der Waals surface area (Å²) in [6.45, 7) is 2.13. The first kappa shape index (κ1) is 17.6. The quantitative estimate of drug-likeness (QED) is 0.827. The van der Waals surface area contributed by atoms with Gasteiger partial charge in [0.25, 0.3) is 0 Å². The summed E-state index contributed by atoms with van der Waals surface area (Å²) in [7, 11) is 0. The number of nitrogens with two attached hydrogens (primary N) is 1. The summed E-state index contributed by atoms with van der Waals surface area (Å²) in [4.78, 5) is 39.9. The van der Waals surface area contributed by atoms with Crippen LogP contribution in [0, 0.1) is 11.8 Å². The molecule has 0 aliphatic carbocycles. The van der Waals surface area contributed by atoms with E-state index in [1.807, 2.05) is 18.2 Å². The molecule has 3 aliphatic heterocycles. The summed E-state index contributed by atoms with van der Waals surface area (Å²) in [5, 5.41) is 0. The monoisotopic (exact) mass is 373 g/mol. The van der Waals surface area contributed by atoms with Gasteiger partial charge in [-0.3, -0.25) is 14.4 Å². The van der Waals surface area contributed by atoms with E-state index >= 15 is 0 Å². The van der Waals surface area contributed by atoms with Gasteiger partial charge >= 0.3 is 0 Å². The standard InChI is InChI=1S/C19H23N3O5/c20-18(24)13-3-5-21(6-4-13)19(25)14-8-17(23)22(10-14)9-12-1-2-15-16(7-12)27-11-26-15/h1-2,7,13-14H,3-6,8-11H2,(H2,20,24). The van der Waals surface area contributed by atoms with Crippen LogP contribution in [0.5, 0.6) is 11.5 Å². The lowest BCUT2D eigenvalue weighted by molar-refractivity contribution is -0.138. The molecule has 3 heterocycles. The van der Waals surface area contributed by atoms with E-state index in [0.29, 0.717) is 50.5 Å². The van der Waals surface area contributed by atoms with Gasteiger partial charge in [-0.15, -0.1) is 0 Å². The number of fused-ring (bicyclic) bond motifs is 1. The predicted molar refractivity (Wildman–Crippen MR) is 94.6 cm³/mol. The Morgan fingerprint density at radius 3 is 2.59 bits per heavy atom. The highest BCUT2D eigenvalue weighted by molar-refractivity contribution is 5.89. The highest BCUT2D eigenvalue weighted by Gasteiger charge is 2.38. The SMILES string of the molecule is NC(=O)C1CCN(C(=O)C2CC(=O)N(Cc3ccc4c(c3)OCO4)C2)CC1. The minimum atomic E-state index is -0.323. The molecule has 2 saturated heterocycles. The van der Waals surface area contributed by atoms with Crippen molar-refractivity contribution in [1.29, 1.82) is 0 Å². The van der Waals surface area contributed by atoms with Gasteiger partial charge in [0.2, 0.25) is 24.5 Å². The zero-order valence-corrected chi connectivity index (χ0v) is 15.1. The molecule has 2 fully saturated rings. The average molecular weight is 373 g/mol. The minimum absolute atomic E-state index is 0.000503. The number of rotatable bonds is 4. The molecule has 1 aromatic rings. The van der Waals surface area contributed by atoms with Crippen LogP contribution in [0.1, 0.15) is 24.8 Å². The molecule has 8 nitrogen and oxygen atoms in total. The molecule has 2 N–H and O–H groups in total. The highest BCUT2D eigenvalue weighted by atomic mass is 16.7. The average Bonchev–Trinajstić information content (AvgIpc) is 3.27. The zero-order valence-electron chi connectivity index (χ0n) is 15.1. The summed E-state index contributed by atoms with van der Waals surface area (Å²) < 4.78 is 10.7. The van der Waals surface area contributed by atoms with Crippen molar-refractivity contribution in [2.45, 2.75) is 25.8 Å². The normalized spacial score (nSPS) is 22.4. The predicted octanol–water partition coefficient (Wildman–Crippen LogP) is 0.488. The van der Waals surface area contributed by atoms with Gasteiger partial charge in [0.15, 0.2) is 11.5 Å². The number of carbonyl (C=O) groups excluding carboxylic acids is 3. The fraction of sp³-hybridized carbons (Fsp3) is 0.526. The Morgan fingerprint density at radius 1 is 1.11 bits per heavy atom. The lowest BCUT2D eigenvalue weighted by atomic mass is 9.95. The van der Waals surface area contributed by atoms with Gasteiger partial charge in [-0.2, -0.15) is 0 Å². The number of hydrogen-bond acceptors (Lipinski definition) is 5. The van der Waals surface area contributed by atoms with E-state index in [-0.39, 0.29) is 42.8 Å². The van der Waals surface area contributed by atoms with E-state index in [1.54, 1.807) is 9.80 Å². The molecule has 8 heteroatoms. The van der Waals surface area contributed by atoms with Crippen LogP contribution in [0.2, 0.25) is 0 Å². The second kappa shape index (κ2) is 7.09. The second-order valence-electron chi connectivity index (χ2n) is 7.36. The number of benzene rings is 1. The van der Waals surface area contributed by atoms with Gasteiger partial charge in [0, 0.05) is 38.5 Å². The van der Waals surface area contributed by atoms with E-state index in [0.717, 1.165) is 5.56 Å². The van der Waals surface area contributed by atoms with Gasteiger partial charge < -0.3 is 25.0 Å². The summed E-state index contributed by atoms with van der Waals surface area (Å²) in [5.74, 6) is 0.604. The third-order valence-electron chi connectivity index (χ3n) is 5.58. The van der Waals surface area contributed by atoms with Crippen LogP contribution in [-0.2, 0) is 20.9 Å². The minimum Gasteiger partial charge on any atom is -0.454 e. The molecule has 3 amide bonds. The Bertz CT molecular complexity index is 773. The van der Waals surface area contributed by atoms with E-state index in [1.165, 1.54) is 0 Å². The van der Waals surface area contributed by atoms with Crippen LogP contribution in [0.3, 0.4) is 0 Å². The first-order chi connectivity index (χ1) is 13.0. The van der Waals surface area contributed by atoms with E-state index < -0.39 is 0 Å². The lowest BCUT2D eigenvalue weighted by Crippen LogP contribution is -2.44. The maximum absolute atomic E-state index is 12.8. The number of hydrogen-bond donors (Lipinski definition) is 1. The van der Waals surface area contributed by atoms with Crippen molar-refractivity contribution in [2.75, 3.05) is 26.4 Å². The Hall–Kier alpha value is -2.77. The molecule has 27 heavy (non-hydrogen) atoms. The number of nitrogens with zero attached hydrogens (tertiary/aromatic N) is 2. The largest absolute Gasteiger partial charge is 0.454 e.